The Kier molecular flexibility index (Phi) is 7.87. The highest BCUT2D eigenvalue weighted by Gasteiger charge is 2.37. The zero-order chi connectivity index (χ0) is 28.2. The second-order valence-corrected chi connectivity index (χ2v) is 9.52. The van der Waals surface area contributed by atoms with Gasteiger partial charge in [0.2, 0.25) is 0 Å². The van der Waals surface area contributed by atoms with Crippen molar-refractivity contribution in [3.8, 4) is 34.5 Å². The number of allylic oxidation sites excluding steroid dienone is 2. The summed E-state index contributed by atoms with van der Waals surface area (Å²) in [6, 6.07) is 26.5. The minimum atomic E-state index is -0.119. The first-order valence-corrected chi connectivity index (χ1v) is 13.0. The molecule has 0 heterocycles. The fourth-order valence-corrected chi connectivity index (χ4v) is 5.47. The number of methoxy groups -OCH3 is 6. The van der Waals surface area contributed by atoms with Crippen molar-refractivity contribution in [3.63, 3.8) is 0 Å². The van der Waals surface area contributed by atoms with E-state index in [-0.39, 0.29) is 5.92 Å². The van der Waals surface area contributed by atoms with Crippen LogP contribution >= 0.6 is 0 Å². The van der Waals surface area contributed by atoms with E-state index in [1.807, 2.05) is 36.4 Å². The van der Waals surface area contributed by atoms with Crippen LogP contribution in [0.15, 0.2) is 78.9 Å². The first-order chi connectivity index (χ1) is 19.5. The Balaban J connectivity index is 1.83. The predicted molar refractivity (Wildman–Crippen MR) is 157 cm³/mol. The third-order valence-corrected chi connectivity index (χ3v) is 7.45. The molecule has 4 aromatic rings. The summed E-state index contributed by atoms with van der Waals surface area (Å²) in [4.78, 5) is 0. The number of hydrogen-bond acceptors (Lipinski definition) is 6. The van der Waals surface area contributed by atoms with Gasteiger partial charge in [0.1, 0.15) is 34.5 Å². The van der Waals surface area contributed by atoms with Crippen LogP contribution in [0.2, 0.25) is 0 Å². The van der Waals surface area contributed by atoms with Crippen molar-refractivity contribution in [1.29, 1.82) is 0 Å². The molecule has 0 aromatic heterocycles. The van der Waals surface area contributed by atoms with Gasteiger partial charge in [-0.15, -0.1) is 0 Å². The number of benzene rings is 4. The van der Waals surface area contributed by atoms with E-state index < -0.39 is 0 Å². The quantitative estimate of drug-likeness (QED) is 0.216. The summed E-state index contributed by atoms with van der Waals surface area (Å²) in [7, 11) is 10.1. The summed E-state index contributed by atoms with van der Waals surface area (Å²) in [6.07, 6.45) is 0.689. The maximum atomic E-state index is 6.00. The van der Waals surface area contributed by atoms with E-state index in [9.17, 15) is 0 Å². The van der Waals surface area contributed by atoms with Crippen molar-refractivity contribution < 1.29 is 28.4 Å². The number of rotatable bonds is 10. The minimum absolute atomic E-state index is 0.119. The number of hydrogen-bond donors (Lipinski definition) is 0. The lowest BCUT2D eigenvalue weighted by Crippen LogP contribution is -2.04. The van der Waals surface area contributed by atoms with Gasteiger partial charge in [0.15, 0.2) is 0 Å². The molecular formula is C34H34O6. The summed E-state index contributed by atoms with van der Waals surface area (Å²) in [5, 5.41) is 0. The van der Waals surface area contributed by atoms with Gasteiger partial charge < -0.3 is 28.4 Å². The van der Waals surface area contributed by atoms with E-state index in [1.54, 1.807) is 42.7 Å². The van der Waals surface area contributed by atoms with E-state index in [4.69, 9.17) is 28.4 Å². The zero-order valence-corrected chi connectivity index (χ0v) is 23.7. The summed E-state index contributed by atoms with van der Waals surface area (Å²) < 4.78 is 34.0. The highest BCUT2D eigenvalue weighted by molar-refractivity contribution is 6.03. The second-order valence-electron chi connectivity index (χ2n) is 9.52. The van der Waals surface area contributed by atoms with E-state index in [2.05, 4.69) is 42.5 Å². The lowest BCUT2D eigenvalue weighted by atomic mass is 9.84. The summed E-state index contributed by atoms with van der Waals surface area (Å²) in [5.74, 6) is 4.46. The van der Waals surface area contributed by atoms with Crippen molar-refractivity contribution in [2.75, 3.05) is 42.7 Å². The molecular weight excluding hydrogens is 504 g/mol. The molecule has 6 nitrogen and oxygen atoms in total. The lowest BCUT2D eigenvalue weighted by Gasteiger charge is -2.21. The fourth-order valence-electron chi connectivity index (χ4n) is 5.47. The topological polar surface area (TPSA) is 55.4 Å². The SMILES string of the molecule is COc1ccc(CC2=C(c3cc(OC)cc(OC)c3)[C@@H](c3ccc(OC)cc3)c3c(OC)cc(OC)cc32)cc1. The van der Waals surface area contributed by atoms with Crippen LogP contribution in [0.25, 0.3) is 11.1 Å². The molecule has 0 bridgehead atoms. The fraction of sp³-hybridized carbons (Fsp3) is 0.235. The van der Waals surface area contributed by atoms with Crippen LogP contribution in [0.1, 0.15) is 33.7 Å². The van der Waals surface area contributed by atoms with Gasteiger partial charge in [0.25, 0.3) is 0 Å². The van der Waals surface area contributed by atoms with Crippen LogP contribution < -0.4 is 28.4 Å². The second kappa shape index (κ2) is 11.7. The molecule has 0 aliphatic heterocycles. The summed E-state index contributed by atoms with van der Waals surface area (Å²) in [6.45, 7) is 0. The van der Waals surface area contributed by atoms with Gasteiger partial charge in [-0.2, -0.15) is 0 Å². The smallest absolute Gasteiger partial charge is 0.127 e. The molecule has 206 valence electrons. The Bertz CT molecular complexity index is 1500. The standard InChI is InChI=1S/C34H34O6/c1-35-24-11-7-21(8-12-24)15-29-30-19-28(39-5)20-31(40-6)34(30)33(22-9-13-25(36-2)14-10-22)32(29)23-16-26(37-3)18-27(17-23)38-4/h7-14,16-20,33H,15H2,1-6H3/t33-/m1/s1. The minimum Gasteiger partial charge on any atom is -0.497 e. The molecule has 0 N–H and O–H groups in total. The van der Waals surface area contributed by atoms with Crippen LogP contribution in [-0.2, 0) is 6.42 Å². The Morgan fingerprint density at radius 3 is 1.57 bits per heavy atom. The third-order valence-electron chi connectivity index (χ3n) is 7.45. The summed E-state index contributed by atoms with van der Waals surface area (Å²) >= 11 is 0. The van der Waals surface area contributed by atoms with Crippen LogP contribution in [0.3, 0.4) is 0 Å². The Morgan fingerprint density at radius 1 is 0.525 bits per heavy atom. The Morgan fingerprint density at radius 2 is 1.05 bits per heavy atom. The average molecular weight is 539 g/mol. The van der Waals surface area contributed by atoms with Crippen molar-refractivity contribution in [2.45, 2.75) is 12.3 Å². The van der Waals surface area contributed by atoms with Crippen molar-refractivity contribution in [2.24, 2.45) is 0 Å². The highest BCUT2D eigenvalue weighted by atomic mass is 16.5. The molecule has 0 unspecified atom stereocenters. The van der Waals surface area contributed by atoms with Gasteiger partial charge in [-0.05, 0) is 82.3 Å². The molecule has 0 saturated carbocycles. The van der Waals surface area contributed by atoms with Gasteiger partial charge in [-0.3, -0.25) is 0 Å². The lowest BCUT2D eigenvalue weighted by molar-refractivity contribution is 0.391. The third kappa shape index (κ3) is 5.05. The van der Waals surface area contributed by atoms with Gasteiger partial charge in [-0.25, -0.2) is 0 Å². The molecule has 0 spiro atoms. The average Bonchev–Trinajstić information content (AvgIpc) is 3.34. The predicted octanol–water partition coefficient (Wildman–Crippen LogP) is 7.04. The molecule has 1 aliphatic rings. The van der Waals surface area contributed by atoms with E-state index in [0.29, 0.717) is 6.42 Å². The molecule has 0 amide bonds. The normalized spacial score (nSPS) is 14.0. The molecule has 4 aromatic carbocycles. The van der Waals surface area contributed by atoms with Crippen LogP contribution in [-0.4, -0.2) is 42.7 Å². The Hall–Kier alpha value is -4.58. The van der Waals surface area contributed by atoms with Gasteiger partial charge >= 0.3 is 0 Å². The first-order valence-electron chi connectivity index (χ1n) is 13.0. The molecule has 1 atom stereocenters. The van der Waals surface area contributed by atoms with E-state index in [0.717, 1.165) is 67.9 Å². The molecule has 5 rings (SSSR count). The van der Waals surface area contributed by atoms with Crippen molar-refractivity contribution in [3.05, 3.63) is 107 Å². The summed E-state index contributed by atoms with van der Waals surface area (Å²) in [5.41, 5.74) is 7.79. The zero-order valence-electron chi connectivity index (χ0n) is 23.7. The maximum Gasteiger partial charge on any atom is 0.127 e. The molecule has 0 radical (unpaired) electrons. The molecule has 0 fully saturated rings. The van der Waals surface area contributed by atoms with Crippen molar-refractivity contribution >= 4 is 11.1 Å². The molecule has 40 heavy (non-hydrogen) atoms. The molecule has 1 aliphatic carbocycles. The van der Waals surface area contributed by atoms with Gasteiger partial charge in [0.05, 0.1) is 42.7 Å². The van der Waals surface area contributed by atoms with Crippen LogP contribution in [0, 0.1) is 0 Å². The maximum absolute atomic E-state index is 6.00. The van der Waals surface area contributed by atoms with Crippen molar-refractivity contribution in [1.82, 2.24) is 0 Å². The monoisotopic (exact) mass is 538 g/mol. The van der Waals surface area contributed by atoms with Gasteiger partial charge in [0, 0.05) is 23.6 Å². The molecule has 6 heteroatoms. The van der Waals surface area contributed by atoms with Crippen LogP contribution in [0.4, 0.5) is 0 Å². The number of fused-ring (bicyclic) bond motifs is 1. The number of ether oxygens (including phenoxy) is 6. The van der Waals surface area contributed by atoms with Crippen LogP contribution in [0.5, 0.6) is 34.5 Å². The first kappa shape index (κ1) is 27.0. The van der Waals surface area contributed by atoms with Gasteiger partial charge in [-0.1, -0.05) is 24.3 Å². The Labute approximate surface area is 235 Å². The van der Waals surface area contributed by atoms with E-state index >= 15 is 0 Å². The van der Waals surface area contributed by atoms with E-state index in [1.165, 1.54) is 5.57 Å². The highest BCUT2D eigenvalue weighted by Crippen LogP contribution is 2.56. The molecule has 0 saturated heterocycles. The largest absolute Gasteiger partial charge is 0.497 e.